The first kappa shape index (κ1) is 28.6. The van der Waals surface area contributed by atoms with E-state index in [2.05, 4.69) is 6.58 Å². The van der Waals surface area contributed by atoms with Crippen LogP contribution in [-0.4, -0.2) is 48.2 Å². The molecule has 3 unspecified atom stereocenters. The molecule has 4 atom stereocenters. The van der Waals surface area contributed by atoms with Crippen molar-refractivity contribution in [3.8, 4) is 0 Å². The summed E-state index contributed by atoms with van der Waals surface area (Å²) in [5, 5.41) is 31.5. The smallest absolute Gasteiger partial charge is 0.176 e. The van der Waals surface area contributed by atoms with Crippen molar-refractivity contribution in [1.82, 2.24) is 0 Å². The summed E-state index contributed by atoms with van der Waals surface area (Å²) in [7, 11) is -3.49. The second-order valence-electron chi connectivity index (χ2n) is 9.60. The fourth-order valence-electron chi connectivity index (χ4n) is 4.92. The van der Waals surface area contributed by atoms with Crippen molar-refractivity contribution in [2.75, 3.05) is 6.26 Å². The van der Waals surface area contributed by atoms with Crippen LogP contribution >= 0.6 is 11.6 Å². The van der Waals surface area contributed by atoms with Gasteiger partial charge in [-0.05, 0) is 54.9 Å². The van der Waals surface area contributed by atoms with Gasteiger partial charge in [0.25, 0.3) is 0 Å². The van der Waals surface area contributed by atoms with Crippen LogP contribution in [0, 0.1) is 5.92 Å². The molecule has 0 amide bonds. The highest BCUT2D eigenvalue weighted by molar-refractivity contribution is 7.90. The Bertz CT molecular complexity index is 1150. The minimum atomic E-state index is -3.49. The molecule has 0 saturated heterocycles. The average Bonchev–Trinajstić information content (AvgIpc) is 3.17. The second kappa shape index (κ2) is 12.5. The van der Waals surface area contributed by atoms with Crippen LogP contribution in [0.4, 0.5) is 0 Å². The monoisotopic (exact) mass is 534 g/mol. The lowest BCUT2D eigenvalue weighted by molar-refractivity contribution is -0.226. The van der Waals surface area contributed by atoms with Gasteiger partial charge >= 0.3 is 0 Å². The molecule has 0 heterocycles. The number of hydrogen-bond acceptors (Lipinski definition) is 6. The van der Waals surface area contributed by atoms with Crippen LogP contribution in [0.2, 0.25) is 5.02 Å². The summed E-state index contributed by atoms with van der Waals surface area (Å²) in [5.41, 5.74) is 1.65. The highest BCUT2D eigenvalue weighted by Crippen LogP contribution is 2.42. The molecule has 0 aromatic heterocycles. The molecule has 1 aliphatic carbocycles. The molecule has 8 heteroatoms. The number of aliphatic hydroxyl groups is 3. The number of benzene rings is 2. The molecule has 6 nitrogen and oxygen atoms in total. The summed E-state index contributed by atoms with van der Waals surface area (Å²) in [4.78, 5) is -0.00213. The first-order valence-corrected chi connectivity index (χ1v) is 14.3. The summed E-state index contributed by atoms with van der Waals surface area (Å²) in [6.45, 7) is 3.70. The molecule has 0 radical (unpaired) electrons. The van der Waals surface area contributed by atoms with E-state index in [0.29, 0.717) is 44.1 Å². The zero-order chi connectivity index (χ0) is 26.3. The van der Waals surface area contributed by atoms with Gasteiger partial charge in [-0.15, -0.1) is 0 Å². The Morgan fingerprint density at radius 1 is 1.22 bits per heavy atom. The van der Waals surface area contributed by atoms with E-state index in [1.165, 1.54) is 12.1 Å². The van der Waals surface area contributed by atoms with E-state index in [1.54, 1.807) is 12.1 Å². The lowest BCUT2D eigenvalue weighted by Crippen LogP contribution is -2.35. The summed E-state index contributed by atoms with van der Waals surface area (Å²) in [5.74, 6) is -2.01. The van der Waals surface area contributed by atoms with Crippen LogP contribution in [0.25, 0.3) is 0 Å². The second-order valence-corrected chi connectivity index (χ2v) is 12.0. The van der Waals surface area contributed by atoms with E-state index in [9.17, 15) is 23.7 Å². The van der Waals surface area contributed by atoms with Crippen molar-refractivity contribution in [2.45, 2.75) is 67.5 Å². The number of halogens is 1. The largest absolute Gasteiger partial charge is 0.368 e. The summed E-state index contributed by atoms with van der Waals surface area (Å²) < 4.78 is 30.0. The molecule has 196 valence electrons. The Hall–Kier alpha value is -2.00. The number of allylic oxidation sites excluding steroid dienone is 2. The van der Waals surface area contributed by atoms with Gasteiger partial charge < -0.3 is 20.1 Å². The standard InChI is InChI=1S/C28H35ClO6S/c1-3-4-6-11-23(16-20-9-7-5-8-10-20)35-28(32)15-14-21(19-28)17-24(27(30)31)22-12-13-26(25(29)18-22)36(2,33)34/h3-10,12-13,18,21,23-24,27,30-32H,1,11,14-17,19H2,2H3/b6-4-/t21?,23-,24?,28?/m1/s1. The fourth-order valence-corrected chi connectivity index (χ4v) is 6.26. The molecule has 1 fully saturated rings. The van der Waals surface area contributed by atoms with Crippen LogP contribution in [0.5, 0.6) is 0 Å². The maximum Gasteiger partial charge on any atom is 0.176 e. The van der Waals surface area contributed by atoms with Crippen molar-refractivity contribution < 1.29 is 28.5 Å². The molecular weight excluding hydrogens is 500 g/mol. The van der Waals surface area contributed by atoms with Gasteiger partial charge in [-0.1, -0.05) is 72.8 Å². The average molecular weight is 535 g/mol. The number of hydrogen-bond donors (Lipinski definition) is 3. The normalized spacial score (nSPS) is 22.2. The lowest BCUT2D eigenvalue weighted by atomic mass is 9.87. The Labute approximate surface area is 218 Å². The van der Waals surface area contributed by atoms with Gasteiger partial charge in [-0.25, -0.2) is 8.42 Å². The quantitative estimate of drug-likeness (QED) is 0.267. The van der Waals surface area contributed by atoms with Crippen molar-refractivity contribution >= 4 is 21.4 Å². The predicted octanol–water partition coefficient (Wildman–Crippen LogP) is 4.78. The molecule has 2 aromatic carbocycles. The van der Waals surface area contributed by atoms with Crippen LogP contribution < -0.4 is 0 Å². The maximum atomic E-state index is 11.9. The number of ether oxygens (including phenoxy) is 1. The van der Waals surface area contributed by atoms with E-state index < -0.39 is 27.8 Å². The molecule has 0 aliphatic heterocycles. The van der Waals surface area contributed by atoms with E-state index in [-0.39, 0.29) is 21.9 Å². The van der Waals surface area contributed by atoms with Gasteiger partial charge in [0.05, 0.1) is 16.0 Å². The molecule has 0 spiro atoms. The minimum Gasteiger partial charge on any atom is -0.368 e. The summed E-state index contributed by atoms with van der Waals surface area (Å²) >= 11 is 6.19. The van der Waals surface area contributed by atoms with E-state index in [4.69, 9.17) is 16.3 Å². The van der Waals surface area contributed by atoms with Crippen molar-refractivity contribution in [3.05, 3.63) is 89.5 Å². The minimum absolute atomic E-state index is 0.00213. The van der Waals surface area contributed by atoms with Gasteiger partial charge in [0.1, 0.15) is 0 Å². The number of sulfone groups is 1. The van der Waals surface area contributed by atoms with Crippen LogP contribution in [0.3, 0.4) is 0 Å². The molecular formula is C28H35ClO6S. The topological polar surface area (TPSA) is 104 Å². The molecule has 1 aliphatic rings. The van der Waals surface area contributed by atoms with Crippen molar-refractivity contribution in [3.63, 3.8) is 0 Å². The van der Waals surface area contributed by atoms with Gasteiger partial charge in [-0.2, -0.15) is 0 Å². The lowest BCUT2D eigenvalue weighted by Gasteiger charge is -2.30. The Morgan fingerprint density at radius 2 is 1.94 bits per heavy atom. The van der Waals surface area contributed by atoms with Crippen LogP contribution in [0.1, 0.15) is 49.1 Å². The van der Waals surface area contributed by atoms with Gasteiger partial charge in [-0.3, -0.25) is 0 Å². The third-order valence-electron chi connectivity index (χ3n) is 6.64. The molecule has 3 rings (SSSR count). The van der Waals surface area contributed by atoms with E-state index in [1.807, 2.05) is 42.5 Å². The Morgan fingerprint density at radius 3 is 2.56 bits per heavy atom. The zero-order valence-corrected chi connectivity index (χ0v) is 22.0. The van der Waals surface area contributed by atoms with Crippen LogP contribution in [-0.2, 0) is 21.0 Å². The van der Waals surface area contributed by atoms with Crippen molar-refractivity contribution in [1.29, 1.82) is 0 Å². The van der Waals surface area contributed by atoms with E-state index in [0.717, 1.165) is 11.8 Å². The number of aliphatic hydroxyl groups excluding tert-OH is 1. The predicted molar refractivity (Wildman–Crippen MR) is 141 cm³/mol. The SMILES string of the molecule is C=C/C=C\C[C@H](Cc1ccccc1)OC1(O)CCC(CC(c2ccc(S(C)(=O)=O)c(Cl)c2)C(O)O)C1. The summed E-state index contributed by atoms with van der Waals surface area (Å²) in [6, 6.07) is 14.4. The summed E-state index contributed by atoms with van der Waals surface area (Å²) in [6.07, 6.45) is 7.84. The molecule has 3 N–H and O–H groups in total. The maximum absolute atomic E-state index is 11.9. The fraction of sp³-hybridized carbons (Fsp3) is 0.429. The zero-order valence-electron chi connectivity index (χ0n) is 20.5. The Balaban J connectivity index is 1.70. The molecule has 36 heavy (non-hydrogen) atoms. The molecule has 2 aromatic rings. The molecule has 1 saturated carbocycles. The Kier molecular flexibility index (Phi) is 9.92. The van der Waals surface area contributed by atoms with Crippen LogP contribution in [0.15, 0.2) is 78.2 Å². The first-order valence-electron chi connectivity index (χ1n) is 12.1. The third kappa shape index (κ3) is 8.00. The highest BCUT2D eigenvalue weighted by atomic mass is 35.5. The van der Waals surface area contributed by atoms with Gasteiger partial charge in [0, 0.05) is 25.0 Å². The first-order chi connectivity index (χ1) is 17.0. The highest BCUT2D eigenvalue weighted by Gasteiger charge is 2.41. The third-order valence-corrected chi connectivity index (χ3v) is 8.22. The van der Waals surface area contributed by atoms with E-state index >= 15 is 0 Å². The van der Waals surface area contributed by atoms with Crippen molar-refractivity contribution in [2.24, 2.45) is 5.92 Å². The van der Waals surface area contributed by atoms with Gasteiger partial charge in [0.2, 0.25) is 0 Å². The van der Waals surface area contributed by atoms with Gasteiger partial charge in [0.15, 0.2) is 21.9 Å². The number of rotatable bonds is 12. The molecule has 0 bridgehead atoms.